The molecule has 1 unspecified atom stereocenters. The highest BCUT2D eigenvalue weighted by Crippen LogP contribution is 2.41. The molecule has 0 saturated carbocycles. The number of para-hydroxylation sites is 1. The Morgan fingerprint density at radius 3 is 2.18 bits per heavy atom. The van der Waals surface area contributed by atoms with Gasteiger partial charge in [0, 0.05) is 22.5 Å². The first kappa shape index (κ1) is 23.5. The van der Waals surface area contributed by atoms with Crippen LogP contribution in [0, 0.1) is 0 Å². The highest BCUT2D eigenvalue weighted by molar-refractivity contribution is 7.89. The molecule has 0 bridgehead atoms. The number of nitrogens with zero attached hydrogens (tertiary/aromatic N) is 1. The van der Waals surface area contributed by atoms with Gasteiger partial charge in [-0.25, -0.2) is 13.1 Å². The first-order chi connectivity index (χ1) is 16.0. The molecule has 0 radical (unpaired) electrons. The van der Waals surface area contributed by atoms with E-state index in [0.29, 0.717) is 12.0 Å². The minimum atomic E-state index is -3.67. The summed E-state index contributed by atoms with van der Waals surface area (Å²) in [5, 5.41) is 3.47. The van der Waals surface area contributed by atoms with Crippen molar-refractivity contribution in [2.45, 2.75) is 31.8 Å². The van der Waals surface area contributed by atoms with Crippen LogP contribution in [0.5, 0.6) is 0 Å². The van der Waals surface area contributed by atoms with Crippen molar-refractivity contribution in [3.8, 4) is 0 Å². The van der Waals surface area contributed by atoms with Gasteiger partial charge in [-0.05, 0) is 59.9 Å². The molecule has 0 aliphatic carbocycles. The molecule has 0 spiro atoms. The quantitative estimate of drug-likeness (QED) is 0.576. The summed E-state index contributed by atoms with van der Waals surface area (Å²) in [6.45, 7) is 4.10. The lowest BCUT2D eigenvalue weighted by atomic mass is 9.76. The zero-order valence-electron chi connectivity index (χ0n) is 19.3. The molecule has 1 atom stereocenters. The van der Waals surface area contributed by atoms with Gasteiger partial charge >= 0.3 is 0 Å². The monoisotopic (exact) mass is 477 g/mol. The number of anilines is 2. The number of nitrogens with one attached hydrogen (secondary N) is 2. The van der Waals surface area contributed by atoms with Crippen LogP contribution in [0.3, 0.4) is 0 Å². The zero-order valence-corrected chi connectivity index (χ0v) is 20.1. The topological polar surface area (TPSA) is 95.6 Å². The minimum absolute atomic E-state index is 0.118. The Morgan fingerprint density at radius 2 is 1.56 bits per heavy atom. The highest BCUT2D eigenvalue weighted by Gasteiger charge is 2.38. The number of sulfonamides is 1. The maximum Gasteiger partial charge on any atom is 0.264 e. The molecule has 0 fully saturated rings. The van der Waals surface area contributed by atoms with Gasteiger partial charge in [0.25, 0.3) is 11.8 Å². The largest absolute Gasteiger partial charge is 0.365 e. The first-order valence-electron chi connectivity index (χ1n) is 10.9. The van der Waals surface area contributed by atoms with E-state index < -0.39 is 21.3 Å². The lowest BCUT2D eigenvalue weighted by Crippen LogP contribution is -2.50. The van der Waals surface area contributed by atoms with Gasteiger partial charge < -0.3 is 5.32 Å². The standard InChI is InChI=1S/C26H27N3O4S/c1-26(2)17-23(27-22-15-14-19(16-21(22)26)24(30)28-34(3,32)33)29(20-12-8-5-9-13-20)25(31)18-10-6-4-7-11-18/h4-16,23,27H,17H2,1-3H3,(H,28,30). The molecule has 1 aliphatic heterocycles. The van der Waals surface area contributed by atoms with Gasteiger partial charge in [-0.1, -0.05) is 50.2 Å². The van der Waals surface area contributed by atoms with Crippen LogP contribution in [0.25, 0.3) is 0 Å². The van der Waals surface area contributed by atoms with E-state index in [1.807, 2.05) is 67.1 Å². The second-order valence-electron chi connectivity index (χ2n) is 9.09. The van der Waals surface area contributed by atoms with E-state index in [0.717, 1.165) is 23.2 Å². The lowest BCUT2D eigenvalue weighted by molar-refractivity contribution is 0.0970. The molecule has 2 N–H and O–H groups in total. The highest BCUT2D eigenvalue weighted by atomic mass is 32.2. The molecule has 8 heteroatoms. The molecule has 0 saturated heterocycles. The average Bonchev–Trinajstić information content (AvgIpc) is 2.79. The van der Waals surface area contributed by atoms with Crippen LogP contribution < -0.4 is 14.9 Å². The van der Waals surface area contributed by atoms with Crippen molar-refractivity contribution in [2.24, 2.45) is 0 Å². The fourth-order valence-electron chi connectivity index (χ4n) is 4.33. The molecule has 0 aromatic heterocycles. The van der Waals surface area contributed by atoms with E-state index in [1.165, 1.54) is 0 Å². The van der Waals surface area contributed by atoms with Gasteiger partial charge in [-0.3, -0.25) is 14.5 Å². The zero-order chi connectivity index (χ0) is 24.5. The second-order valence-corrected chi connectivity index (χ2v) is 10.8. The fraction of sp³-hybridized carbons (Fsp3) is 0.231. The summed E-state index contributed by atoms with van der Waals surface area (Å²) in [6, 6.07) is 23.7. The van der Waals surface area contributed by atoms with Crippen molar-refractivity contribution in [3.63, 3.8) is 0 Å². The van der Waals surface area contributed by atoms with Crippen LogP contribution in [0.15, 0.2) is 78.9 Å². The van der Waals surface area contributed by atoms with Crippen LogP contribution in [0.4, 0.5) is 11.4 Å². The third kappa shape index (κ3) is 4.97. The van der Waals surface area contributed by atoms with Crippen molar-refractivity contribution in [3.05, 3.63) is 95.6 Å². The predicted octanol–water partition coefficient (Wildman–Crippen LogP) is 4.14. The molecule has 4 rings (SSSR count). The van der Waals surface area contributed by atoms with Crippen molar-refractivity contribution >= 4 is 33.2 Å². The molecule has 176 valence electrons. The van der Waals surface area contributed by atoms with Crippen molar-refractivity contribution in [1.29, 1.82) is 0 Å². The number of carbonyl (C=O) groups excluding carboxylic acids is 2. The van der Waals surface area contributed by atoms with Crippen LogP contribution in [-0.2, 0) is 15.4 Å². The van der Waals surface area contributed by atoms with Gasteiger partial charge in [-0.2, -0.15) is 0 Å². The van der Waals surface area contributed by atoms with Crippen LogP contribution in [0.1, 0.15) is 46.5 Å². The minimum Gasteiger partial charge on any atom is -0.365 e. The Kier molecular flexibility index (Phi) is 6.18. The summed E-state index contributed by atoms with van der Waals surface area (Å²) in [4.78, 5) is 27.8. The third-order valence-electron chi connectivity index (χ3n) is 5.90. The summed E-state index contributed by atoms with van der Waals surface area (Å²) >= 11 is 0. The Bertz CT molecular complexity index is 1320. The van der Waals surface area contributed by atoms with Crippen molar-refractivity contribution in [2.75, 3.05) is 16.5 Å². The van der Waals surface area contributed by atoms with E-state index in [2.05, 4.69) is 5.32 Å². The third-order valence-corrected chi connectivity index (χ3v) is 6.46. The molecular weight excluding hydrogens is 450 g/mol. The van der Waals surface area contributed by atoms with Gasteiger partial charge in [0.1, 0.15) is 6.17 Å². The molecule has 1 aliphatic rings. The molecular formula is C26H27N3O4S. The van der Waals surface area contributed by atoms with Gasteiger partial charge in [0.15, 0.2) is 0 Å². The van der Waals surface area contributed by atoms with E-state index in [9.17, 15) is 18.0 Å². The molecule has 7 nitrogen and oxygen atoms in total. The summed E-state index contributed by atoms with van der Waals surface area (Å²) < 4.78 is 25.0. The first-order valence-corrected chi connectivity index (χ1v) is 12.8. The maximum absolute atomic E-state index is 13.6. The van der Waals surface area contributed by atoms with Crippen LogP contribution in [-0.4, -0.2) is 32.7 Å². The van der Waals surface area contributed by atoms with Crippen LogP contribution >= 0.6 is 0 Å². The smallest absolute Gasteiger partial charge is 0.264 e. The molecule has 34 heavy (non-hydrogen) atoms. The van der Waals surface area contributed by atoms with Crippen molar-refractivity contribution in [1.82, 2.24) is 4.72 Å². The summed E-state index contributed by atoms with van der Waals surface area (Å²) in [5.74, 6) is -0.791. The van der Waals surface area contributed by atoms with Gasteiger partial charge in [-0.15, -0.1) is 0 Å². The maximum atomic E-state index is 13.6. The number of carbonyl (C=O) groups is 2. The number of fused-ring (bicyclic) bond motifs is 1. The van der Waals surface area contributed by atoms with Gasteiger partial charge in [0.2, 0.25) is 10.0 Å². The Morgan fingerprint density at radius 1 is 0.941 bits per heavy atom. The Hall–Kier alpha value is -3.65. The fourth-order valence-corrected chi connectivity index (χ4v) is 4.78. The van der Waals surface area contributed by atoms with Crippen LogP contribution in [0.2, 0.25) is 0 Å². The molecule has 2 amide bonds. The van der Waals surface area contributed by atoms with E-state index in [4.69, 9.17) is 0 Å². The Labute approximate surface area is 199 Å². The summed E-state index contributed by atoms with van der Waals surface area (Å²) in [6.07, 6.45) is 1.18. The number of amides is 2. The van der Waals surface area contributed by atoms with Gasteiger partial charge in [0.05, 0.1) is 6.26 Å². The van der Waals surface area contributed by atoms with Crippen molar-refractivity contribution < 1.29 is 18.0 Å². The Balaban J connectivity index is 1.72. The predicted molar refractivity (Wildman–Crippen MR) is 133 cm³/mol. The number of hydrogen-bond acceptors (Lipinski definition) is 5. The van der Waals surface area contributed by atoms with E-state index in [-0.39, 0.29) is 17.6 Å². The van der Waals surface area contributed by atoms with E-state index >= 15 is 0 Å². The molecule has 3 aromatic carbocycles. The molecule has 1 heterocycles. The number of rotatable bonds is 5. The summed E-state index contributed by atoms with van der Waals surface area (Å²) in [7, 11) is -3.67. The second kappa shape index (κ2) is 8.95. The normalized spacial score (nSPS) is 16.6. The molecule has 3 aromatic rings. The lowest BCUT2D eigenvalue weighted by Gasteiger charge is -2.43. The van der Waals surface area contributed by atoms with E-state index in [1.54, 1.807) is 35.2 Å². The number of hydrogen-bond donors (Lipinski definition) is 2. The summed E-state index contributed by atoms with van der Waals surface area (Å²) in [5.41, 5.74) is 2.89. The number of benzene rings is 3. The average molecular weight is 478 g/mol. The SMILES string of the molecule is CC1(C)CC(N(C(=O)c2ccccc2)c2ccccc2)Nc2ccc(C(=O)NS(C)(=O)=O)cc21.